The van der Waals surface area contributed by atoms with Crippen molar-refractivity contribution in [1.82, 2.24) is 14.5 Å². The number of rotatable bonds is 6. The first-order chi connectivity index (χ1) is 9.01. The highest BCUT2D eigenvalue weighted by Gasteiger charge is 2.13. The molecule has 2 aromatic rings. The largest absolute Gasteiger partial charge is 0.361 e. The van der Waals surface area contributed by atoms with Crippen LogP contribution in [-0.4, -0.2) is 29.2 Å². The second kappa shape index (κ2) is 6.03. The SMILES string of the molecule is C[Si](C)(C)CCOCn1c(CCl)nc2cccnc21. The number of ether oxygens (including phenoxy) is 1. The summed E-state index contributed by atoms with van der Waals surface area (Å²) in [6.45, 7) is 8.28. The van der Waals surface area contributed by atoms with Crippen molar-refractivity contribution in [3.63, 3.8) is 0 Å². The van der Waals surface area contributed by atoms with Crippen LogP contribution in [0.2, 0.25) is 25.7 Å². The lowest BCUT2D eigenvalue weighted by atomic mass is 10.4. The van der Waals surface area contributed by atoms with Gasteiger partial charge in [-0.05, 0) is 18.2 Å². The first-order valence-corrected chi connectivity index (χ1v) is 10.7. The summed E-state index contributed by atoms with van der Waals surface area (Å²) in [6.07, 6.45) is 1.76. The summed E-state index contributed by atoms with van der Waals surface area (Å²) < 4.78 is 7.71. The summed E-state index contributed by atoms with van der Waals surface area (Å²) in [7, 11) is -1.05. The molecule has 4 nitrogen and oxygen atoms in total. The lowest BCUT2D eigenvalue weighted by molar-refractivity contribution is 0.0880. The van der Waals surface area contributed by atoms with Gasteiger partial charge in [0.25, 0.3) is 0 Å². The number of aromatic nitrogens is 3. The van der Waals surface area contributed by atoms with Crippen LogP contribution >= 0.6 is 11.6 Å². The summed E-state index contributed by atoms with van der Waals surface area (Å²) in [5.74, 6) is 1.18. The number of hydrogen-bond donors (Lipinski definition) is 0. The third-order valence-electron chi connectivity index (χ3n) is 2.92. The van der Waals surface area contributed by atoms with E-state index in [2.05, 4.69) is 29.6 Å². The van der Waals surface area contributed by atoms with Crippen LogP contribution in [0.25, 0.3) is 11.2 Å². The van der Waals surface area contributed by atoms with Crippen LogP contribution in [-0.2, 0) is 17.3 Å². The van der Waals surface area contributed by atoms with Crippen LogP contribution in [0.1, 0.15) is 5.82 Å². The van der Waals surface area contributed by atoms with Crippen molar-refractivity contribution >= 4 is 30.8 Å². The Labute approximate surface area is 119 Å². The first-order valence-electron chi connectivity index (χ1n) is 6.45. The molecular formula is C13H20ClN3OSi. The Morgan fingerprint density at radius 2 is 2.16 bits per heavy atom. The number of fused-ring (bicyclic) bond motifs is 1. The fraction of sp³-hybridized carbons (Fsp3) is 0.538. The standard InChI is InChI=1S/C13H20ClN3OSi/c1-19(2,3)8-7-18-10-17-12(9-14)16-11-5-4-6-15-13(11)17/h4-6H,7-10H2,1-3H3. The zero-order valence-electron chi connectivity index (χ0n) is 11.7. The van der Waals surface area contributed by atoms with Crippen LogP contribution < -0.4 is 0 Å². The monoisotopic (exact) mass is 297 g/mol. The molecule has 0 aliphatic carbocycles. The van der Waals surface area contributed by atoms with Gasteiger partial charge in [-0.3, -0.25) is 4.57 Å². The van der Waals surface area contributed by atoms with E-state index in [1.54, 1.807) is 6.20 Å². The van der Waals surface area contributed by atoms with Gasteiger partial charge in [-0.15, -0.1) is 11.6 Å². The molecule has 0 saturated carbocycles. The molecule has 0 fully saturated rings. The number of nitrogens with zero attached hydrogens (tertiary/aromatic N) is 3. The second-order valence-corrected chi connectivity index (χ2v) is 11.7. The summed E-state index contributed by atoms with van der Waals surface area (Å²) in [5, 5.41) is 0. The van der Waals surface area contributed by atoms with E-state index in [4.69, 9.17) is 16.3 Å². The third kappa shape index (κ3) is 3.78. The van der Waals surface area contributed by atoms with Gasteiger partial charge in [0.05, 0.1) is 5.88 Å². The number of alkyl halides is 1. The highest BCUT2D eigenvalue weighted by atomic mass is 35.5. The van der Waals surface area contributed by atoms with Crippen molar-refractivity contribution in [2.45, 2.75) is 38.3 Å². The third-order valence-corrected chi connectivity index (χ3v) is 4.86. The molecule has 0 bridgehead atoms. The second-order valence-electron chi connectivity index (χ2n) is 5.78. The Bertz CT molecular complexity index is 550. The van der Waals surface area contributed by atoms with Gasteiger partial charge in [0.2, 0.25) is 0 Å². The fourth-order valence-corrected chi connectivity index (χ4v) is 2.74. The summed E-state index contributed by atoms with van der Waals surface area (Å²) in [4.78, 5) is 8.80. The van der Waals surface area contributed by atoms with E-state index in [0.29, 0.717) is 12.6 Å². The summed E-state index contributed by atoms with van der Waals surface area (Å²) in [6, 6.07) is 4.98. The molecule has 0 saturated heterocycles. The van der Waals surface area contributed by atoms with E-state index in [1.807, 2.05) is 16.7 Å². The lowest BCUT2D eigenvalue weighted by Crippen LogP contribution is -2.22. The Morgan fingerprint density at radius 3 is 2.84 bits per heavy atom. The van der Waals surface area contributed by atoms with Crippen LogP contribution in [0, 0.1) is 0 Å². The Morgan fingerprint density at radius 1 is 1.37 bits per heavy atom. The summed E-state index contributed by atoms with van der Waals surface area (Å²) >= 11 is 5.93. The zero-order chi connectivity index (χ0) is 13.9. The molecular weight excluding hydrogens is 278 g/mol. The molecule has 6 heteroatoms. The number of halogens is 1. The quantitative estimate of drug-likeness (QED) is 0.465. The average Bonchev–Trinajstić information content (AvgIpc) is 2.71. The lowest BCUT2D eigenvalue weighted by Gasteiger charge is -2.16. The number of hydrogen-bond acceptors (Lipinski definition) is 3. The van der Waals surface area contributed by atoms with Crippen molar-refractivity contribution in [2.24, 2.45) is 0 Å². The Hall–Kier alpha value is -0.913. The molecule has 2 rings (SSSR count). The molecule has 104 valence electrons. The van der Waals surface area contributed by atoms with Gasteiger partial charge in [0, 0.05) is 20.9 Å². The predicted octanol–water partition coefficient (Wildman–Crippen LogP) is 3.48. The van der Waals surface area contributed by atoms with Crippen molar-refractivity contribution < 1.29 is 4.74 Å². The molecule has 0 amide bonds. The minimum atomic E-state index is -1.05. The van der Waals surface area contributed by atoms with Gasteiger partial charge < -0.3 is 4.74 Å². The minimum Gasteiger partial charge on any atom is -0.361 e. The molecule has 2 heterocycles. The molecule has 2 aromatic heterocycles. The van der Waals surface area contributed by atoms with Crippen molar-refractivity contribution in [1.29, 1.82) is 0 Å². The van der Waals surface area contributed by atoms with E-state index >= 15 is 0 Å². The molecule has 0 spiro atoms. The zero-order valence-corrected chi connectivity index (χ0v) is 13.4. The highest BCUT2D eigenvalue weighted by Crippen LogP contribution is 2.15. The summed E-state index contributed by atoms with van der Waals surface area (Å²) in [5.41, 5.74) is 1.71. The van der Waals surface area contributed by atoms with Gasteiger partial charge in [-0.1, -0.05) is 19.6 Å². The van der Waals surface area contributed by atoms with E-state index in [9.17, 15) is 0 Å². The van der Waals surface area contributed by atoms with Crippen LogP contribution in [0.3, 0.4) is 0 Å². The molecule has 0 aliphatic heterocycles. The van der Waals surface area contributed by atoms with Gasteiger partial charge in [-0.2, -0.15) is 0 Å². The molecule has 0 unspecified atom stereocenters. The highest BCUT2D eigenvalue weighted by molar-refractivity contribution is 6.76. The molecule has 19 heavy (non-hydrogen) atoms. The van der Waals surface area contributed by atoms with Gasteiger partial charge in [0.1, 0.15) is 18.1 Å². The topological polar surface area (TPSA) is 39.9 Å². The van der Waals surface area contributed by atoms with Crippen LogP contribution in [0.4, 0.5) is 0 Å². The first kappa shape index (κ1) is 14.5. The number of pyridine rings is 1. The fourth-order valence-electron chi connectivity index (χ4n) is 1.78. The maximum atomic E-state index is 5.93. The Kier molecular flexibility index (Phi) is 4.60. The van der Waals surface area contributed by atoms with Gasteiger partial charge in [-0.25, -0.2) is 9.97 Å². The van der Waals surface area contributed by atoms with Crippen LogP contribution in [0.15, 0.2) is 18.3 Å². The van der Waals surface area contributed by atoms with Gasteiger partial charge >= 0.3 is 0 Å². The van der Waals surface area contributed by atoms with Crippen molar-refractivity contribution in [2.75, 3.05) is 6.61 Å². The van der Waals surface area contributed by atoms with Crippen LogP contribution in [0.5, 0.6) is 0 Å². The van der Waals surface area contributed by atoms with E-state index in [1.165, 1.54) is 0 Å². The molecule has 0 N–H and O–H groups in total. The molecule has 0 radical (unpaired) electrons. The van der Waals surface area contributed by atoms with Gasteiger partial charge in [0.15, 0.2) is 5.65 Å². The van der Waals surface area contributed by atoms with E-state index in [0.717, 1.165) is 29.6 Å². The predicted molar refractivity (Wildman–Crippen MR) is 81.2 cm³/mol. The van der Waals surface area contributed by atoms with E-state index in [-0.39, 0.29) is 0 Å². The van der Waals surface area contributed by atoms with Crippen molar-refractivity contribution in [3.8, 4) is 0 Å². The molecule has 0 aromatic carbocycles. The van der Waals surface area contributed by atoms with E-state index < -0.39 is 8.07 Å². The Balaban J connectivity index is 2.07. The molecule has 0 aliphatic rings. The average molecular weight is 298 g/mol. The minimum absolute atomic E-state index is 0.369. The normalized spacial score (nSPS) is 12.2. The number of imidazole rings is 1. The maximum absolute atomic E-state index is 5.93. The maximum Gasteiger partial charge on any atom is 0.161 e. The molecule has 0 atom stereocenters. The smallest absolute Gasteiger partial charge is 0.161 e. The van der Waals surface area contributed by atoms with Crippen molar-refractivity contribution in [3.05, 3.63) is 24.2 Å².